The first-order valence-electron chi connectivity index (χ1n) is 53.2. The number of benzene rings is 9. The first kappa shape index (κ1) is 133. The summed E-state index contributed by atoms with van der Waals surface area (Å²) in [6, 6.07) is 67.7. The fourth-order valence-corrected chi connectivity index (χ4v) is 15.0. The number of methoxy groups -OCH3 is 2. The van der Waals surface area contributed by atoms with Gasteiger partial charge in [-0.3, -0.25) is 47.9 Å². The fraction of sp³-hybridized carbons (Fsp3) is 0.504. The molecular formula is C129H182BrFO15. The SMILES string of the molecule is CC(C)C(=O)CCC1CCOC1.CC(C)C(=O)CCCOc1ccccc1.CC(C)C(=O)CCc1ccccc1Br.CC(C)C(=O)CCc1ccccc1CO.COc1cc(CCC(=O)C(C)C)cc(OC)c1C.Cc1cc(F)cc(CCC(=O)C(C)C)c1.Cc1ccc(CCC(=O)C(C)C)cc1.Cc1ccc(CCCC(=O)C(C)C)cc1.Cc1ccccc1CCC(=O)C(C)C.Cc1ccccc1CCC(=O)C(C)C. The summed E-state index contributed by atoms with van der Waals surface area (Å²) in [5, 5.41) is 9.11. The predicted octanol–water partition coefficient (Wildman–Crippen LogP) is 30.5. The first-order valence-corrected chi connectivity index (χ1v) is 53.9. The van der Waals surface area contributed by atoms with Crippen molar-refractivity contribution in [1.82, 2.24) is 0 Å². The van der Waals surface area contributed by atoms with Crippen LogP contribution >= 0.6 is 15.9 Å². The van der Waals surface area contributed by atoms with Crippen LogP contribution in [0.5, 0.6) is 17.2 Å². The third-order valence-corrected chi connectivity index (χ3v) is 26.0. The molecule has 1 N–H and O–H groups in total. The van der Waals surface area contributed by atoms with Crippen molar-refractivity contribution in [3.8, 4) is 17.2 Å². The van der Waals surface area contributed by atoms with E-state index >= 15 is 0 Å². The smallest absolute Gasteiger partial charge is 0.135 e. The van der Waals surface area contributed by atoms with E-state index in [0.29, 0.717) is 117 Å². The molecular weight excluding hydrogens is 1890 g/mol. The number of aliphatic hydroxyl groups is 1. The van der Waals surface area contributed by atoms with Gasteiger partial charge in [-0.05, 0) is 234 Å². The van der Waals surface area contributed by atoms with Gasteiger partial charge in [-0.2, -0.15) is 0 Å². The minimum Gasteiger partial charge on any atom is -0.496 e. The van der Waals surface area contributed by atoms with Crippen molar-refractivity contribution < 1.29 is 76.4 Å². The molecule has 9 aromatic rings. The number of hydrogen-bond donors (Lipinski definition) is 1. The topological polar surface area (TPSA) is 228 Å². The van der Waals surface area contributed by atoms with E-state index < -0.39 is 0 Å². The summed E-state index contributed by atoms with van der Waals surface area (Å²) in [5.74, 6) is 7.63. The lowest BCUT2D eigenvalue weighted by Crippen LogP contribution is -2.09. The van der Waals surface area contributed by atoms with E-state index in [1.54, 1.807) is 14.2 Å². The van der Waals surface area contributed by atoms with E-state index in [-0.39, 0.29) is 89.0 Å². The van der Waals surface area contributed by atoms with Gasteiger partial charge in [-0.1, -0.05) is 329 Å². The molecule has 802 valence electrons. The Balaban J connectivity index is 0.000000812. The quantitative estimate of drug-likeness (QED) is 0.0350. The van der Waals surface area contributed by atoms with Gasteiger partial charge in [0.15, 0.2) is 0 Å². The molecule has 146 heavy (non-hydrogen) atoms. The number of carbonyl (C=O) groups is 10. The fourth-order valence-electron chi connectivity index (χ4n) is 14.5. The van der Waals surface area contributed by atoms with Gasteiger partial charge in [-0.15, -0.1) is 0 Å². The molecule has 1 aliphatic rings. The van der Waals surface area contributed by atoms with Crippen LogP contribution in [0.4, 0.5) is 4.39 Å². The van der Waals surface area contributed by atoms with Gasteiger partial charge in [-0.25, -0.2) is 4.39 Å². The van der Waals surface area contributed by atoms with Gasteiger partial charge in [0.1, 0.15) is 80.9 Å². The minimum absolute atomic E-state index is 0.0477. The van der Waals surface area contributed by atoms with E-state index in [2.05, 4.69) is 122 Å². The number of carbonyl (C=O) groups excluding carboxylic acids is 10. The van der Waals surface area contributed by atoms with Crippen LogP contribution in [0.2, 0.25) is 0 Å². The van der Waals surface area contributed by atoms with Gasteiger partial charge in [0.2, 0.25) is 0 Å². The maximum Gasteiger partial charge on any atom is 0.135 e. The highest BCUT2D eigenvalue weighted by molar-refractivity contribution is 9.10. The Morgan fingerprint density at radius 2 is 0.644 bits per heavy atom. The van der Waals surface area contributed by atoms with Crippen molar-refractivity contribution in [1.29, 1.82) is 0 Å². The van der Waals surface area contributed by atoms with Crippen LogP contribution in [0, 0.1) is 112 Å². The first-order chi connectivity index (χ1) is 69.0. The Morgan fingerprint density at radius 1 is 0.329 bits per heavy atom. The molecule has 0 aliphatic carbocycles. The summed E-state index contributed by atoms with van der Waals surface area (Å²) < 4.78 is 35.5. The molecule has 0 amide bonds. The van der Waals surface area contributed by atoms with Crippen LogP contribution in [0.3, 0.4) is 0 Å². The molecule has 10 rings (SSSR count). The number of aliphatic hydroxyl groups excluding tert-OH is 1. The Hall–Kier alpha value is -10.6. The van der Waals surface area contributed by atoms with Crippen LogP contribution in [-0.2, 0) is 111 Å². The van der Waals surface area contributed by atoms with Crippen molar-refractivity contribution in [3.63, 3.8) is 0 Å². The summed E-state index contributed by atoms with van der Waals surface area (Å²) in [6.45, 7) is 53.4. The summed E-state index contributed by atoms with van der Waals surface area (Å²) in [7, 11) is 3.29. The second-order valence-corrected chi connectivity index (χ2v) is 42.1. The normalized spacial score (nSPS) is 11.6. The number of ether oxygens (including phenoxy) is 4. The number of halogens is 2. The maximum absolute atomic E-state index is 13.0. The largest absolute Gasteiger partial charge is 0.496 e. The van der Waals surface area contributed by atoms with E-state index in [1.807, 2.05) is 268 Å². The molecule has 1 saturated heterocycles. The Kier molecular flexibility index (Phi) is 70.2. The summed E-state index contributed by atoms with van der Waals surface area (Å²) in [6.07, 6.45) is 16.8. The van der Waals surface area contributed by atoms with Crippen LogP contribution in [0.1, 0.15) is 312 Å². The summed E-state index contributed by atoms with van der Waals surface area (Å²) in [5.41, 5.74) is 17.4. The zero-order valence-electron chi connectivity index (χ0n) is 94.3. The molecule has 0 saturated carbocycles. The van der Waals surface area contributed by atoms with Crippen molar-refractivity contribution in [2.75, 3.05) is 34.0 Å². The zero-order valence-corrected chi connectivity index (χ0v) is 95.9. The summed E-state index contributed by atoms with van der Waals surface area (Å²) in [4.78, 5) is 114. The molecule has 0 spiro atoms. The molecule has 9 aromatic carbocycles. The zero-order chi connectivity index (χ0) is 110. The Labute approximate surface area is 888 Å². The summed E-state index contributed by atoms with van der Waals surface area (Å²) >= 11 is 3.47. The lowest BCUT2D eigenvalue weighted by molar-refractivity contribution is -0.122. The van der Waals surface area contributed by atoms with E-state index in [4.69, 9.17) is 24.1 Å². The highest BCUT2D eigenvalue weighted by Crippen LogP contribution is 2.31. The van der Waals surface area contributed by atoms with Crippen LogP contribution in [0.25, 0.3) is 0 Å². The van der Waals surface area contributed by atoms with Crippen LogP contribution < -0.4 is 14.2 Å². The molecule has 0 radical (unpaired) electrons. The molecule has 15 nitrogen and oxygen atoms in total. The van der Waals surface area contributed by atoms with Gasteiger partial charge in [0, 0.05) is 147 Å². The van der Waals surface area contributed by atoms with E-state index in [1.165, 1.54) is 62.2 Å². The van der Waals surface area contributed by atoms with Crippen molar-refractivity contribution in [2.24, 2.45) is 65.1 Å². The van der Waals surface area contributed by atoms with Crippen molar-refractivity contribution in [3.05, 3.63) is 300 Å². The monoisotopic (exact) mass is 2070 g/mol. The Bertz CT molecular complexity index is 5040. The Morgan fingerprint density at radius 3 is 1.01 bits per heavy atom. The van der Waals surface area contributed by atoms with Crippen molar-refractivity contribution >= 4 is 73.8 Å². The highest BCUT2D eigenvalue weighted by atomic mass is 79.9. The van der Waals surface area contributed by atoms with Gasteiger partial charge < -0.3 is 24.1 Å². The highest BCUT2D eigenvalue weighted by Gasteiger charge is 2.20. The molecule has 1 unspecified atom stereocenters. The van der Waals surface area contributed by atoms with Crippen LogP contribution in [-0.4, -0.2) is 97.0 Å². The van der Waals surface area contributed by atoms with Gasteiger partial charge >= 0.3 is 0 Å². The number of aryl methyl sites for hydroxylation is 13. The molecule has 0 aromatic heterocycles. The molecule has 1 atom stereocenters. The average Bonchev–Trinajstić information content (AvgIpc) is 0.885. The van der Waals surface area contributed by atoms with Gasteiger partial charge in [0.05, 0.1) is 27.4 Å². The van der Waals surface area contributed by atoms with E-state index in [9.17, 15) is 52.3 Å². The molecule has 0 bridgehead atoms. The number of Topliss-reactive ketones (excluding diaryl/α,β-unsaturated/α-hetero) is 10. The molecule has 17 heteroatoms. The predicted molar refractivity (Wildman–Crippen MR) is 606 cm³/mol. The number of ketones is 10. The number of rotatable bonds is 46. The second kappa shape index (κ2) is 76.9. The van der Waals surface area contributed by atoms with E-state index in [0.717, 1.165) is 145 Å². The number of hydrogen-bond acceptors (Lipinski definition) is 15. The van der Waals surface area contributed by atoms with Crippen molar-refractivity contribution in [2.45, 2.75) is 328 Å². The molecule has 1 heterocycles. The minimum atomic E-state index is -0.220. The number of para-hydroxylation sites is 1. The maximum atomic E-state index is 13.0. The lowest BCUT2D eigenvalue weighted by atomic mass is 9.97. The molecule has 1 fully saturated rings. The second-order valence-electron chi connectivity index (χ2n) is 41.2. The average molecular weight is 2070 g/mol. The lowest BCUT2D eigenvalue weighted by Gasteiger charge is -2.12. The van der Waals surface area contributed by atoms with Gasteiger partial charge in [0.25, 0.3) is 0 Å². The molecule has 1 aliphatic heterocycles. The third-order valence-electron chi connectivity index (χ3n) is 25.2. The third kappa shape index (κ3) is 61.3. The van der Waals surface area contributed by atoms with Crippen LogP contribution in [0.15, 0.2) is 211 Å². The standard InChI is InChI=1S/C15H22O3.C14H20O.C13H17FO.2C13H18O2.3C13H18O.C12H15BrO.C10H18O2/c1-10(2)13(16)7-6-12-8-14(17-4)11(3)15(9-12)18-5;1-11(2)14(15)6-4-5-13-9-7-12(3)8-10-13;1-9(2)13(15)5-4-11-6-10(3)7-12(14)8-11;1-11(2)13(14)9-6-10-15-12-7-4-3-5-8-12;1-10(2)13(15)8-7-11-5-3-4-6-12(11)9-14;1-10(2)13(14)9-8-12-6-4-11(3)5-7-12;2*1-10(2)13(14)9-8-12-7-5-4-6-11(12)3;1-9(2)12(14)8-7-10-5-3-4-6-11(10)13;1-8(2)10(11)4-3-9-5-6-12-7-9/h8-10H,6-7H2,1-5H3;7-11H,4-6H2,1-3H3;6-9H,4-5H2,1-3H3;3-5,7-8,11H,6,9-10H2,1-2H3;3-6,10,14H,7-9H2,1-2H3;3*4-7,10H,8-9H2,1-3H3;3-6,9H,7-8H2,1-2H3;8-9H,3-7H2,1-2H3.